The summed E-state index contributed by atoms with van der Waals surface area (Å²) in [6.07, 6.45) is 4.63. The van der Waals surface area contributed by atoms with Crippen LogP contribution in [-0.4, -0.2) is 25.0 Å². The summed E-state index contributed by atoms with van der Waals surface area (Å²) in [5.41, 5.74) is 1.32. The standard InChI is InChI=1S/C18H24N2O/c21-18(17-9-16(17)12-4-2-1-3-5-12)20-15-7-6-13-10-19-11-14(13)8-15/h1-5,13-17,19H,6-11H2,(H,20,21)/t13-,14+,15?,16?,17?/m0/s1. The number of hydrogen-bond acceptors (Lipinski definition) is 2. The molecule has 3 fully saturated rings. The fourth-order valence-electron chi connectivity index (χ4n) is 4.29. The fourth-order valence-corrected chi connectivity index (χ4v) is 4.29. The molecular formula is C18H24N2O. The van der Waals surface area contributed by atoms with Crippen LogP contribution in [0.4, 0.5) is 0 Å². The van der Waals surface area contributed by atoms with E-state index in [1.807, 2.05) is 6.07 Å². The first-order chi connectivity index (χ1) is 10.3. The van der Waals surface area contributed by atoms with Gasteiger partial charge in [-0.3, -0.25) is 4.79 Å². The first-order valence-corrected chi connectivity index (χ1v) is 8.37. The van der Waals surface area contributed by atoms with Gasteiger partial charge in [-0.15, -0.1) is 0 Å². The molecule has 3 nitrogen and oxygen atoms in total. The predicted molar refractivity (Wildman–Crippen MR) is 82.9 cm³/mol. The molecule has 1 aromatic rings. The monoisotopic (exact) mass is 284 g/mol. The normalized spacial score (nSPS) is 37.8. The topological polar surface area (TPSA) is 41.1 Å². The van der Waals surface area contributed by atoms with Gasteiger partial charge in [-0.2, -0.15) is 0 Å². The van der Waals surface area contributed by atoms with E-state index in [2.05, 4.69) is 34.9 Å². The van der Waals surface area contributed by atoms with Crippen LogP contribution in [0.5, 0.6) is 0 Å². The van der Waals surface area contributed by atoms with E-state index < -0.39 is 0 Å². The van der Waals surface area contributed by atoms with E-state index in [1.165, 1.54) is 24.9 Å². The molecule has 1 saturated heterocycles. The summed E-state index contributed by atoms with van der Waals surface area (Å²) in [6, 6.07) is 10.9. The Bertz CT molecular complexity index is 515. The van der Waals surface area contributed by atoms with Crippen LogP contribution in [0.2, 0.25) is 0 Å². The Balaban J connectivity index is 1.31. The van der Waals surface area contributed by atoms with Gasteiger partial charge in [-0.05, 0) is 62.1 Å². The third-order valence-electron chi connectivity index (χ3n) is 5.65. The summed E-state index contributed by atoms with van der Waals surface area (Å²) in [5, 5.41) is 6.82. The smallest absolute Gasteiger partial charge is 0.223 e. The minimum Gasteiger partial charge on any atom is -0.353 e. The van der Waals surface area contributed by atoms with Crippen molar-refractivity contribution in [3.8, 4) is 0 Å². The van der Waals surface area contributed by atoms with Gasteiger partial charge >= 0.3 is 0 Å². The van der Waals surface area contributed by atoms with Crippen molar-refractivity contribution < 1.29 is 4.79 Å². The molecular weight excluding hydrogens is 260 g/mol. The van der Waals surface area contributed by atoms with E-state index >= 15 is 0 Å². The van der Waals surface area contributed by atoms with Gasteiger partial charge in [0.1, 0.15) is 0 Å². The van der Waals surface area contributed by atoms with E-state index in [1.54, 1.807) is 0 Å². The summed E-state index contributed by atoms with van der Waals surface area (Å²) in [6.45, 7) is 2.33. The second-order valence-corrected chi connectivity index (χ2v) is 7.06. The van der Waals surface area contributed by atoms with Crippen LogP contribution in [0, 0.1) is 17.8 Å². The van der Waals surface area contributed by atoms with Gasteiger partial charge in [0, 0.05) is 12.0 Å². The van der Waals surface area contributed by atoms with Gasteiger partial charge in [0.2, 0.25) is 5.91 Å². The zero-order valence-electron chi connectivity index (χ0n) is 12.4. The molecule has 2 aliphatic carbocycles. The van der Waals surface area contributed by atoms with Crippen LogP contribution in [0.3, 0.4) is 0 Å². The Morgan fingerprint density at radius 3 is 2.71 bits per heavy atom. The average Bonchev–Trinajstić information content (AvgIpc) is 3.19. The number of carbonyl (C=O) groups excluding carboxylic acids is 1. The van der Waals surface area contributed by atoms with E-state index in [0.717, 1.165) is 31.2 Å². The van der Waals surface area contributed by atoms with Gasteiger partial charge in [0.25, 0.3) is 0 Å². The summed E-state index contributed by atoms with van der Waals surface area (Å²) >= 11 is 0. The third kappa shape index (κ3) is 2.71. The number of nitrogens with one attached hydrogen (secondary N) is 2. The SMILES string of the molecule is O=C(NC1CC[C@H]2CNC[C@H]2C1)C1CC1c1ccccc1. The zero-order valence-corrected chi connectivity index (χ0v) is 12.4. The van der Waals surface area contributed by atoms with Gasteiger partial charge in [-0.25, -0.2) is 0 Å². The third-order valence-corrected chi connectivity index (χ3v) is 5.65. The van der Waals surface area contributed by atoms with Gasteiger partial charge in [0.15, 0.2) is 0 Å². The lowest BCUT2D eigenvalue weighted by Gasteiger charge is -2.31. The van der Waals surface area contributed by atoms with Crippen molar-refractivity contribution in [1.29, 1.82) is 0 Å². The molecule has 2 saturated carbocycles. The molecule has 0 aromatic heterocycles. The van der Waals surface area contributed by atoms with Gasteiger partial charge in [0.05, 0.1) is 0 Å². The van der Waals surface area contributed by atoms with E-state index in [-0.39, 0.29) is 5.92 Å². The molecule has 3 heteroatoms. The average molecular weight is 284 g/mol. The van der Waals surface area contributed by atoms with E-state index in [9.17, 15) is 4.79 Å². The highest BCUT2D eigenvalue weighted by Crippen LogP contribution is 2.47. The molecule has 1 amide bonds. The van der Waals surface area contributed by atoms with Crippen molar-refractivity contribution in [1.82, 2.24) is 10.6 Å². The molecule has 1 heterocycles. The first-order valence-electron chi connectivity index (χ1n) is 8.37. The molecule has 0 radical (unpaired) electrons. The number of hydrogen-bond donors (Lipinski definition) is 2. The second-order valence-electron chi connectivity index (χ2n) is 7.06. The van der Waals surface area contributed by atoms with Crippen LogP contribution < -0.4 is 10.6 Å². The van der Waals surface area contributed by atoms with Crippen molar-refractivity contribution in [3.63, 3.8) is 0 Å². The summed E-state index contributed by atoms with van der Waals surface area (Å²) in [4.78, 5) is 12.4. The summed E-state index contributed by atoms with van der Waals surface area (Å²) in [7, 11) is 0. The summed E-state index contributed by atoms with van der Waals surface area (Å²) in [5.74, 6) is 2.60. The molecule has 4 rings (SSSR count). The molecule has 3 aliphatic rings. The molecule has 3 unspecified atom stereocenters. The quantitative estimate of drug-likeness (QED) is 0.894. The summed E-state index contributed by atoms with van der Waals surface area (Å²) < 4.78 is 0. The highest BCUT2D eigenvalue weighted by Gasteiger charge is 2.45. The fraction of sp³-hybridized carbons (Fsp3) is 0.611. The highest BCUT2D eigenvalue weighted by atomic mass is 16.2. The Kier molecular flexibility index (Phi) is 3.46. The van der Waals surface area contributed by atoms with Crippen LogP contribution in [0.1, 0.15) is 37.2 Å². The zero-order chi connectivity index (χ0) is 14.2. The number of benzene rings is 1. The molecule has 0 bridgehead atoms. The van der Waals surface area contributed by atoms with Crippen molar-refractivity contribution in [2.75, 3.05) is 13.1 Å². The minimum absolute atomic E-state index is 0.215. The Morgan fingerprint density at radius 1 is 1.05 bits per heavy atom. The van der Waals surface area contributed by atoms with Crippen LogP contribution in [-0.2, 0) is 4.79 Å². The number of rotatable bonds is 3. The molecule has 0 spiro atoms. The van der Waals surface area contributed by atoms with Crippen LogP contribution in [0.15, 0.2) is 30.3 Å². The highest BCUT2D eigenvalue weighted by molar-refractivity contribution is 5.83. The van der Waals surface area contributed by atoms with Crippen molar-refractivity contribution in [2.45, 2.75) is 37.6 Å². The molecule has 112 valence electrons. The maximum atomic E-state index is 12.4. The van der Waals surface area contributed by atoms with Gasteiger partial charge < -0.3 is 10.6 Å². The Hall–Kier alpha value is -1.35. The molecule has 1 aromatic carbocycles. The van der Waals surface area contributed by atoms with E-state index in [4.69, 9.17) is 0 Å². The number of amides is 1. The van der Waals surface area contributed by atoms with Crippen LogP contribution in [0.25, 0.3) is 0 Å². The maximum absolute atomic E-state index is 12.4. The van der Waals surface area contributed by atoms with Crippen molar-refractivity contribution in [2.24, 2.45) is 17.8 Å². The minimum atomic E-state index is 0.215. The lowest BCUT2D eigenvalue weighted by Crippen LogP contribution is -2.41. The Labute approximate surface area is 126 Å². The van der Waals surface area contributed by atoms with Crippen LogP contribution >= 0.6 is 0 Å². The maximum Gasteiger partial charge on any atom is 0.223 e. The lowest BCUT2D eigenvalue weighted by atomic mass is 9.79. The molecule has 2 N–H and O–H groups in total. The van der Waals surface area contributed by atoms with E-state index in [0.29, 0.717) is 17.9 Å². The lowest BCUT2D eigenvalue weighted by molar-refractivity contribution is -0.123. The first kappa shape index (κ1) is 13.3. The van der Waals surface area contributed by atoms with Crippen molar-refractivity contribution in [3.05, 3.63) is 35.9 Å². The number of fused-ring (bicyclic) bond motifs is 1. The molecule has 21 heavy (non-hydrogen) atoms. The predicted octanol–water partition coefficient (Wildman–Crippen LogP) is 2.29. The number of carbonyl (C=O) groups is 1. The van der Waals surface area contributed by atoms with Gasteiger partial charge in [-0.1, -0.05) is 30.3 Å². The largest absolute Gasteiger partial charge is 0.353 e. The second kappa shape index (κ2) is 5.45. The Morgan fingerprint density at radius 2 is 1.86 bits per heavy atom. The molecule has 5 atom stereocenters. The van der Waals surface area contributed by atoms with Crippen molar-refractivity contribution >= 4 is 5.91 Å². The molecule has 1 aliphatic heterocycles.